The molecule has 1 aromatic rings. The molecule has 0 aliphatic carbocycles. The van der Waals surface area contributed by atoms with Gasteiger partial charge in [0.25, 0.3) is 0 Å². The zero-order valence-corrected chi connectivity index (χ0v) is 9.87. The van der Waals surface area contributed by atoms with Crippen LogP contribution in [0.1, 0.15) is 12.0 Å². The average molecular weight is 267 g/mol. The molecule has 1 aromatic carbocycles. The van der Waals surface area contributed by atoms with Crippen LogP contribution in [0.25, 0.3) is 0 Å². The first-order chi connectivity index (χ1) is 8.90. The van der Waals surface area contributed by atoms with Gasteiger partial charge >= 0.3 is 11.9 Å². The quantitative estimate of drug-likeness (QED) is 0.574. The average Bonchev–Trinajstić information content (AvgIpc) is 2.30. The lowest BCUT2D eigenvalue weighted by Gasteiger charge is -2.12. The summed E-state index contributed by atoms with van der Waals surface area (Å²) in [4.78, 5) is 32.8. The molecule has 0 spiro atoms. The number of nitrogens with one attached hydrogen (secondary N) is 1. The number of hydrogen-bond acceptors (Lipinski definition) is 4. The SMILES string of the molecule is O=C(O)C[C@H](NC(=O)Cc1ccccc1O)C(=O)O. The molecular weight excluding hydrogens is 254 g/mol. The maximum atomic E-state index is 11.6. The van der Waals surface area contributed by atoms with E-state index in [1.165, 1.54) is 12.1 Å². The van der Waals surface area contributed by atoms with E-state index in [0.717, 1.165) is 0 Å². The number of rotatable bonds is 6. The third-order valence-corrected chi connectivity index (χ3v) is 2.35. The number of carbonyl (C=O) groups excluding carboxylic acids is 1. The van der Waals surface area contributed by atoms with Crippen molar-refractivity contribution in [1.82, 2.24) is 5.32 Å². The van der Waals surface area contributed by atoms with Gasteiger partial charge in [-0.25, -0.2) is 4.79 Å². The molecule has 0 unspecified atom stereocenters. The standard InChI is InChI=1S/C12H13NO6/c14-9-4-2-1-3-7(9)5-10(15)13-8(12(18)19)6-11(16)17/h1-4,8,14H,5-6H2,(H,13,15)(H,16,17)(H,18,19)/t8-/m0/s1. The van der Waals surface area contributed by atoms with E-state index in [4.69, 9.17) is 10.2 Å². The smallest absolute Gasteiger partial charge is 0.326 e. The van der Waals surface area contributed by atoms with Crippen LogP contribution in [-0.2, 0) is 20.8 Å². The molecule has 4 N–H and O–H groups in total. The van der Waals surface area contributed by atoms with E-state index < -0.39 is 30.3 Å². The summed E-state index contributed by atoms with van der Waals surface area (Å²) in [7, 11) is 0. The highest BCUT2D eigenvalue weighted by Crippen LogP contribution is 2.15. The molecule has 1 amide bonds. The number of para-hydroxylation sites is 1. The maximum Gasteiger partial charge on any atom is 0.326 e. The Kier molecular flexibility index (Phi) is 4.87. The summed E-state index contributed by atoms with van der Waals surface area (Å²) < 4.78 is 0. The Hall–Kier alpha value is -2.57. The van der Waals surface area contributed by atoms with Crippen molar-refractivity contribution in [3.8, 4) is 5.75 Å². The molecular formula is C12H13NO6. The van der Waals surface area contributed by atoms with Gasteiger partial charge in [-0.2, -0.15) is 0 Å². The molecule has 0 saturated carbocycles. The molecule has 0 heterocycles. The van der Waals surface area contributed by atoms with Crippen LogP contribution in [0.15, 0.2) is 24.3 Å². The summed E-state index contributed by atoms with van der Waals surface area (Å²) in [6.07, 6.45) is -0.933. The summed E-state index contributed by atoms with van der Waals surface area (Å²) in [6.45, 7) is 0. The number of amides is 1. The first kappa shape index (κ1) is 14.5. The van der Waals surface area contributed by atoms with Gasteiger partial charge in [-0.05, 0) is 6.07 Å². The molecule has 7 heteroatoms. The first-order valence-corrected chi connectivity index (χ1v) is 5.41. The van der Waals surface area contributed by atoms with Crippen LogP contribution in [0.4, 0.5) is 0 Å². The summed E-state index contributed by atoms with van der Waals surface area (Å²) in [5, 5.41) is 28.8. The third kappa shape index (κ3) is 4.66. The molecule has 0 fully saturated rings. The van der Waals surface area contributed by atoms with E-state index in [1.807, 2.05) is 0 Å². The second kappa shape index (κ2) is 6.39. The number of benzene rings is 1. The highest BCUT2D eigenvalue weighted by atomic mass is 16.4. The normalized spacial score (nSPS) is 11.6. The number of carboxylic acids is 2. The van der Waals surface area contributed by atoms with Crippen molar-refractivity contribution >= 4 is 17.8 Å². The minimum atomic E-state index is -1.49. The van der Waals surface area contributed by atoms with Crippen molar-refractivity contribution in [2.45, 2.75) is 18.9 Å². The Balaban J connectivity index is 2.65. The Morgan fingerprint density at radius 2 is 1.79 bits per heavy atom. The fraction of sp³-hybridized carbons (Fsp3) is 0.250. The van der Waals surface area contributed by atoms with Gasteiger partial charge in [0, 0.05) is 5.56 Å². The monoisotopic (exact) mass is 267 g/mol. The number of hydrogen-bond donors (Lipinski definition) is 4. The Labute approximate surface area is 108 Å². The van der Waals surface area contributed by atoms with E-state index in [9.17, 15) is 19.5 Å². The van der Waals surface area contributed by atoms with Gasteiger partial charge < -0.3 is 20.6 Å². The number of phenols is 1. The van der Waals surface area contributed by atoms with Gasteiger partial charge in [0.2, 0.25) is 5.91 Å². The van der Waals surface area contributed by atoms with Crippen molar-refractivity contribution in [2.75, 3.05) is 0 Å². The molecule has 0 aliphatic heterocycles. The summed E-state index contributed by atoms with van der Waals surface area (Å²) in [6, 6.07) is 4.63. The lowest BCUT2D eigenvalue weighted by Crippen LogP contribution is -2.42. The highest BCUT2D eigenvalue weighted by Gasteiger charge is 2.23. The number of aromatic hydroxyl groups is 1. The van der Waals surface area contributed by atoms with Crippen LogP contribution in [0.3, 0.4) is 0 Å². The molecule has 19 heavy (non-hydrogen) atoms. The summed E-state index contributed by atoms with van der Waals surface area (Å²) >= 11 is 0. The van der Waals surface area contributed by atoms with Crippen molar-refractivity contribution < 1.29 is 29.7 Å². The number of carboxylic acid groups (broad SMARTS) is 2. The zero-order valence-electron chi connectivity index (χ0n) is 9.87. The van der Waals surface area contributed by atoms with E-state index in [0.29, 0.717) is 5.56 Å². The highest BCUT2D eigenvalue weighted by molar-refractivity contribution is 5.87. The second-order valence-corrected chi connectivity index (χ2v) is 3.86. The van der Waals surface area contributed by atoms with Gasteiger partial charge in [-0.1, -0.05) is 18.2 Å². The van der Waals surface area contributed by atoms with Gasteiger partial charge in [0.1, 0.15) is 11.8 Å². The van der Waals surface area contributed by atoms with Gasteiger partial charge in [0.15, 0.2) is 0 Å². The predicted molar refractivity (Wildman–Crippen MR) is 63.6 cm³/mol. The Morgan fingerprint density at radius 3 is 2.32 bits per heavy atom. The summed E-state index contributed by atoms with van der Waals surface area (Å²) in [5.74, 6) is -3.50. The molecule has 7 nitrogen and oxygen atoms in total. The van der Waals surface area contributed by atoms with Crippen molar-refractivity contribution in [1.29, 1.82) is 0 Å². The largest absolute Gasteiger partial charge is 0.508 e. The number of phenolic OH excluding ortho intramolecular Hbond substituents is 1. The predicted octanol–water partition coefficient (Wildman–Crippen LogP) is -0.0212. The van der Waals surface area contributed by atoms with E-state index in [1.54, 1.807) is 12.1 Å². The van der Waals surface area contributed by atoms with Crippen molar-refractivity contribution in [2.24, 2.45) is 0 Å². The van der Waals surface area contributed by atoms with E-state index in [-0.39, 0.29) is 12.2 Å². The number of carbonyl (C=O) groups is 3. The van der Waals surface area contributed by atoms with Crippen LogP contribution < -0.4 is 5.32 Å². The molecule has 102 valence electrons. The molecule has 0 aromatic heterocycles. The van der Waals surface area contributed by atoms with Crippen molar-refractivity contribution in [3.63, 3.8) is 0 Å². The molecule has 0 bridgehead atoms. The molecule has 0 saturated heterocycles. The van der Waals surface area contributed by atoms with Crippen molar-refractivity contribution in [3.05, 3.63) is 29.8 Å². The molecule has 1 rings (SSSR count). The molecule has 1 atom stereocenters. The van der Waals surface area contributed by atoms with Crippen LogP contribution >= 0.6 is 0 Å². The van der Waals surface area contributed by atoms with Crippen LogP contribution in [-0.4, -0.2) is 39.2 Å². The first-order valence-electron chi connectivity index (χ1n) is 5.41. The molecule has 0 radical (unpaired) electrons. The third-order valence-electron chi connectivity index (χ3n) is 2.35. The minimum absolute atomic E-state index is 0.0808. The van der Waals surface area contributed by atoms with Crippen LogP contribution in [0.2, 0.25) is 0 Å². The fourth-order valence-electron chi connectivity index (χ4n) is 1.45. The number of aliphatic carboxylic acids is 2. The Morgan fingerprint density at radius 1 is 1.16 bits per heavy atom. The minimum Gasteiger partial charge on any atom is -0.508 e. The van der Waals surface area contributed by atoms with Crippen LogP contribution in [0.5, 0.6) is 5.75 Å². The van der Waals surface area contributed by atoms with E-state index in [2.05, 4.69) is 5.32 Å². The van der Waals surface area contributed by atoms with E-state index >= 15 is 0 Å². The maximum absolute atomic E-state index is 11.6. The fourth-order valence-corrected chi connectivity index (χ4v) is 1.45. The zero-order chi connectivity index (χ0) is 14.4. The van der Waals surface area contributed by atoms with Gasteiger partial charge in [-0.3, -0.25) is 9.59 Å². The second-order valence-electron chi connectivity index (χ2n) is 3.86. The lowest BCUT2D eigenvalue weighted by molar-refractivity contribution is -0.147. The lowest BCUT2D eigenvalue weighted by atomic mass is 10.1. The topological polar surface area (TPSA) is 124 Å². The molecule has 0 aliphatic rings. The van der Waals surface area contributed by atoms with Gasteiger partial charge in [0.05, 0.1) is 12.8 Å². The Bertz CT molecular complexity index is 499. The summed E-state index contributed by atoms with van der Waals surface area (Å²) in [5.41, 5.74) is 0.333. The van der Waals surface area contributed by atoms with Crippen LogP contribution in [0, 0.1) is 0 Å². The van der Waals surface area contributed by atoms with Gasteiger partial charge in [-0.15, -0.1) is 0 Å².